The number of amides is 3. The van der Waals surface area contributed by atoms with Gasteiger partial charge in [-0.2, -0.15) is 5.26 Å². The van der Waals surface area contributed by atoms with Gasteiger partial charge in [-0.1, -0.05) is 28.1 Å². The molecule has 3 aliphatic rings. The quantitative estimate of drug-likeness (QED) is 0.581. The first-order valence-electron chi connectivity index (χ1n) is 8.60. The van der Waals surface area contributed by atoms with E-state index in [2.05, 4.69) is 26.6 Å². The number of carbonyl (C=O) groups is 2. The summed E-state index contributed by atoms with van der Waals surface area (Å²) >= 11 is 3.37. The van der Waals surface area contributed by atoms with Crippen molar-refractivity contribution < 1.29 is 23.8 Å². The SMILES string of the molecule is C1COCCO1.N#CC1=C(N)OC2NC(=O)NC(=O)C2C1c1cccc(Br)c1. The maximum absolute atomic E-state index is 12.2. The highest BCUT2D eigenvalue weighted by Gasteiger charge is 2.48. The van der Waals surface area contributed by atoms with Crippen molar-refractivity contribution in [3.8, 4) is 6.07 Å². The summed E-state index contributed by atoms with van der Waals surface area (Å²) in [6.45, 7) is 3.11. The van der Waals surface area contributed by atoms with Crippen LogP contribution in [0.1, 0.15) is 11.5 Å². The van der Waals surface area contributed by atoms with E-state index in [4.69, 9.17) is 19.9 Å². The van der Waals surface area contributed by atoms with Gasteiger partial charge in [0, 0.05) is 10.4 Å². The van der Waals surface area contributed by atoms with Crippen LogP contribution in [0.3, 0.4) is 0 Å². The van der Waals surface area contributed by atoms with Crippen molar-refractivity contribution in [2.45, 2.75) is 12.1 Å². The Labute approximate surface area is 169 Å². The fourth-order valence-electron chi connectivity index (χ4n) is 3.19. The first-order valence-corrected chi connectivity index (χ1v) is 9.39. The Hall–Kier alpha value is -2.61. The number of hydrogen-bond donors (Lipinski definition) is 3. The van der Waals surface area contributed by atoms with Crippen LogP contribution in [0.4, 0.5) is 4.79 Å². The molecule has 3 amide bonds. The molecule has 148 valence electrons. The molecule has 0 aliphatic carbocycles. The number of nitrogens with zero attached hydrogens (tertiary/aromatic N) is 1. The number of ether oxygens (including phenoxy) is 3. The zero-order valence-corrected chi connectivity index (χ0v) is 16.4. The zero-order valence-electron chi connectivity index (χ0n) is 14.8. The molecule has 1 aromatic carbocycles. The summed E-state index contributed by atoms with van der Waals surface area (Å²) < 4.78 is 16.0. The van der Waals surface area contributed by atoms with Crippen molar-refractivity contribution in [1.29, 1.82) is 5.26 Å². The third-order valence-electron chi connectivity index (χ3n) is 4.40. The Morgan fingerprint density at radius 2 is 1.86 bits per heavy atom. The second-order valence-electron chi connectivity index (χ2n) is 6.17. The minimum absolute atomic E-state index is 0.0799. The Morgan fingerprint density at radius 3 is 2.43 bits per heavy atom. The lowest BCUT2D eigenvalue weighted by Gasteiger charge is -2.39. The highest BCUT2D eigenvalue weighted by molar-refractivity contribution is 9.10. The smallest absolute Gasteiger partial charge is 0.324 e. The molecule has 1 aromatic rings. The van der Waals surface area contributed by atoms with E-state index >= 15 is 0 Å². The molecular formula is C18H19BrN4O5. The van der Waals surface area contributed by atoms with E-state index in [9.17, 15) is 14.9 Å². The Kier molecular flexibility index (Phi) is 6.51. The van der Waals surface area contributed by atoms with Crippen molar-refractivity contribution in [1.82, 2.24) is 10.6 Å². The number of rotatable bonds is 1. The van der Waals surface area contributed by atoms with Crippen LogP contribution >= 0.6 is 15.9 Å². The monoisotopic (exact) mass is 450 g/mol. The lowest BCUT2D eigenvalue weighted by Crippen LogP contribution is -2.62. The van der Waals surface area contributed by atoms with Crippen LogP contribution in [0, 0.1) is 17.2 Å². The van der Waals surface area contributed by atoms with Crippen molar-refractivity contribution in [2.24, 2.45) is 11.7 Å². The predicted molar refractivity (Wildman–Crippen MR) is 100 cm³/mol. The van der Waals surface area contributed by atoms with Crippen LogP contribution in [0.5, 0.6) is 0 Å². The molecule has 0 saturated carbocycles. The van der Waals surface area contributed by atoms with Crippen molar-refractivity contribution >= 4 is 27.9 Å². The van der Waals surface area contributed by atoms with Gasteiger partial charge in [-0.05, 0) is 17.7 Å². The molecule has 2 fully saturated rings. The van der Waals surface area contributed by atoms with E-state index < -0.39 is 30.0 Å². The summed E-state index contributed by atoms with van der Waals surface area (Å²) in [6, 6.07) is 8.60. The van der Waals surface area contributed by atoms with E-state index in [0.717, 1.165) is 36.5 Å². The summed E-state index contributed by atoms with van der Waals surface area (Å²) in [5.74, 6) is -1.95. The second kappa shape index (κ2) is 9.05. The minimum Gasteiger partial charge on any atom is -0.454 e. The topological polar surface area (TPSA) is 136 Å². The molecule has 10 heteroatoms. The van der Waals surface area contributed by atoms with Gasteiger partial charge in [-0.25, -0.2) is 4.79 Å². The molecule has 0 spiro atoms. The molecule has 2 saturated heterocycles. The summed E-state index contributed by atoms with van der Waals surface area (Å²) in [6.07, 6.45) is -0.901. The van der Waals surface area contributed by atoms with E-state index in [0.29, 0.717) is 0 Å². The molecular weight excluding hydrogens is 432 g/mol. The zero-order chi connectivity index (χ0) is 20.1. The third kappa shape index (κ3) is 4.44. The molecule has 4 N–H and O–H groups in total. The van der Waals surface area contributed by atoms with Crippen LogP contribution in [-0.4, -0.2) is 44.6 Å². The molecule has 0 bridgehead atoms. The highest BCUT2D eigenvalue weighted by atomic mass is 79.9. The molecule has 0 aromatic heterocycles. The molecule has 4 rings (SSSR count). The standard InChI is InChI=1S/C14H11BrN4O3.C4H8O2/c15-7-3-1-2-6(4-7)9-8(5-16)11(17)22-13-10(9)12(20)18-14(21)19-13;1-2-6-4-3-5-1/h1-4,9-10,13H,17H2,(H2,18,19,20,21);1-4H2. The van der Waals surface area contributed by atoms with Crippen LogP contribution in [0.15, 0.2) is 40.2 Å². The van der Waals surface area contributed by atoms with Crippen molar-refractivity contribution in [3.63, 3.8) is 0 Å². The van der Waals surface area contributed by atoms with Crippen LogP contribution < -0.4 is 16.4 Å². The fraction of sp³-hybridized carbons (Fsp3) is 0.389. The van der Waals surface area contributed by atoms with Gasteiger partial charge in [0.25, 0.3) is 0 Å². The number of nitrogens with one attached hydrogen (secondary N) is 2. The average molecular weight is 451 g/mol. The van der Waals surface area contributed by atoms with E-state index in [1.807, 2.05) is 12.1 Å². The number of imide groups is 1. The van der Waals surface area contributed by atoms with Gasteiger partial charge in [0.05, 0.1) is 32.0 Å². The number of urea groups is 1. The Balaban J connectivity index is 0.000000320. The van der Waals surface area contributed by atoms with Gasteiger partial charge in [0.15, 0.2) is 6.23 Å². The number of halogens is 1. The number of nitriles is 1. The summed E-state index contributed by atoms with van der Waals surface area (Å²) in [5.41, 5.74) is 6.70. The van der Waals surface area contributed by atoms with E-state index in [1.165, 1.54) is 0 Å². The number of hydrogen-bond acceptors (Lipinski definition) is 7. The maximum Gasteiger partial charge on any atom is 0.324 e. The average Bonchev–Trinajstić information content (AvgIpc) is 2.68. The maximum atomic E-state index is 12.2. The Morgan fingerprint density at radius 1 is 1.18 bits per heavy atom. The molecule has 3 atom stereocenters. The van der Waals surface area contributed by atoms with Crippen LogP contribution in [0.2, 0.25) is 0 Å². The number of carbonyl (C=O) groups excluding carboxylic acids is 2. The summed E-state index contributed by atoms with van der Waals surface area (Å²) in [4.78, 5) is 23.7. The summed E-state index contributed by atoms with van der Waals surface area (Å²) in [5, 5.41) is 14.1. The second-order valence-corrected chi connectivity index (χ2v) is 7.09. The number of benzene rings is 1. The molecule has 28 heavy (non-hydrogen) atoms. The normalized spacial score (nSPS) is 26.5. The first-order chi connectivity index (χ1) is 13.5. The van der Waals surface area contributed by atoms with Gasteiger partial charge in [0.1, 0.15) is 12.0 Å². The summed E-state index contributed by atoms with van der Waals surface area (Å²) in [7, 11) is 0. The minimum atomic E-state index is -0.901. The number of fused-ring (bicyclic) bond motifs is 1. The van der Waals surface area contributed by atoms with Gasteiger partial charge in [-0.15, -0.1) is 0 Å². The van der Waals surface area contributed by atoms with Crippen LogP contribution in [-0.2, 0) is 19.0 Å². The number of allylic oxidation sites excluding steroid dienone is 1. The lowest BCUT2D eigenvalue weighted by atomic mass is 9.77. The van der Waals surface area contributed by atoms with E-state index in [-0.39, 0.29) is 11.5 Å². The molecule has 3 heterocycles. The number of nitrogens with two attached hydrogens (primary N) is 1. The van der Waals surface area contributed by atoms with Gasteiger partial charge in [-0.3, -0.25) is 10.1 Å². The molecule has 3 unspecified atom stereocenters. The highest BCUT2D eigenvalue weighted by Crippen LogP contribution is 2.41. The Bertz CT molecular complexity index is 822. The molecule has 0 radical (unpaired) electrons. The molecule has 3 aliphatic heterocycles. The van der Waals surface area contributed by atoms with E-state index in [1.54, 1.807) is 18.2 Å². The fourth-order valence-corrected chi connectivity index (χ4v) is 3.61. The van der Waals surface area contributed by atoms with Crippen LogP contribution in [0.25, 0.3) is 0 Å². The lowest BCUT2D eigenvalue weighted by molar-refractivity contribution is -0.132. The predicted octanol–water partition coefficient (Wildman–Crippen LogP) is 1.07. The molecule has 9 nitrogen and oxygen atoms in total. The van der Waals surface area contributed by atoms with Gasteiger partial charge >= 0.3 is 6.03 Å². The van der Waals surface area contributed by atoms with Gasteiger partial charge < -0.3 is 25.3 Å². The van der Waals surface area contributed by atoms with Crippen molar-refractivity contribution in [3.05, 3.63) is 45.8 Å². The first kappa shape index (κ1) is 20.1. The van der Waals surface area contributed by atoms with Gasteiger partial charge in [0.2, 0.25) is 11.8 Å². The largest absolute Gasteiger partial charge is 0.454 e. The third-order valence-corrected chi connectivity index (χ3v) is 4.89. The van der Waals surface area contributed by atoms with Crippen molar-refractivity contribution in [2.75, 3.05) is 26.4 Å².